The molecule has 0 spiro atoms. The number of phosphoric acid groups is 1. The number of aliphatic hydroxyl groups excluding tert-OH is 1. The number of aliphatic hydroxyl groups is 1. The fourth-order valence-electron chi connectivity index (χ4n) is 6.00. The Morgan fingerprint density at radius 2 is 1.08 bits per heavy atom. The van der Waals surface area contributed by atoms with Gasteiger partial charge in [0, 0.05) is 6.42 Å². The smallest absolute Gasteiger partial charge is 0.387 e. The predicted octanol–water partition coefficient (Wildman–Crippen LogP) is 11.4. The number of carbonyl (C=O) groups is 1. The van der Waals surface area contributed by atoms with Crippen molar-refractivity contribution >= 4 is 13.7 Å². The van der Waals surface area contributed by atoms with Crippen molar-refractivity contribution in [3.05, 3.63) is 24.3 Å². The maximum atomic E-state index is 12.8. The van der Waals surface area contributed by atoms with Crippen molar-refractivity contribution in [2.45, 2.75) is 199 Å². The van der Waals surface area contributed by atoms with Crippen LogP contribution in [-0.4, -0.2) is 73.4 Å². The highest BCUT2D eigenvalue weighted by Gasteiger charge is 2.27. The van der Waals surface area contributed by atoms with Crippen molar-refractivity contribution in [1.29, 1.82) is 0 Å². The van der Waals surface area contributed by atoms with Crippen LogP contribution in [0.2, 0.25) is 0 Å². The standard InChI is InChI=1S/C42H83N2O6P/c1-6-8-10-12-14-16-17-18-19-20-21-22-23-24-25-26-28-29-31-33-35-41(45)40(39-50-51(47,48)49-38-37-44(3,4)5)43-42(46)36-34-32-30-27-15-13-11-9-7-2/h26,28,33,35,40-41,45H,6-25,27,29-32,34,36-39H2,1-5H3,(H-,43,46,47,48)/p+1/b28-26+,35-33+. The van der Waals surface area contributed by atoms with Gasteiger partial charge in [-0.1, -0.05) is 173 Å². The average Bonchev–Trinajstić information content (AvgIpc) is 3.07. The Bertz CT molecular complexity index is 891. The Morgan fingerprint density at radius 3 is 1.57 bits per heavy atom. The maximum absolute atomic E-state index is 12.8. The molecule has 0 saturated carbocycles. The first-order valence-electron chi connectivity index (χ1n) is 21.2. The molecule has 0 heterocycles. The van der Waals surface area contributed by atoms with Gasteiger partial charge in [0.1, 0.15) is 13.2 Å². The lowest BCUT2D eigenvalue weighted by Crippen LogP contribution is -2.45. The third-order valence-electron chi connectivity index (χ3n) is 9.42. The van der Waals surface area contributed by atoms with E-state index in [1.54, 1.807) is 6.08 Å². The zero-order chi connectivity index (χ0) is 37.9. The summed E-state index contributed by atoms with van der Waals surface area (Å²) >= 11 is 0. The SMILES string of the molecule is CCCCCCCCCCCCCCCC/C=C/CC/C=C/C(O)C(COP(=O)(O)OCC[N+](C)(C)C)NC(=O)CCCCCCCCCCC. The van der Waals surface area contributed by atoms with E-state index in [4.69, 9.17) is 9.05 Å². The first-order chi connectivity index (χ1) is 24.5. The molecule has 0 aromatic rings. The van der Waals surface area contributed by atoms with Crippen molar-refractivity contribution in [3.63, 3.8) is 0 Å². The number of hydrogen-bond donors (Lipinski definition) is 3. The highest BCUT2D eigenvalue weighted by molar-refractivity contribution is 7.47. The highest BCUT2D eigenvalue weighted by Crippen LogP contribution is 2.43. The third-order valence-corrected chi connectivity index (χ3v) is 10.4. The number of carbonyl (C=O) groups excluding carboxylic acids is 1. The summed E-state index contributed by atoms with van der Waals surface area (Å²) in [6.45, 7) is 4.77. The molecule has 1 amide bonds. The van der Waals surface area contributed by atoms with E-state index in [9.17, 15) is 19.4 Å². The average molecular weight is 744 g/mol. The Morgan fingerprint density at radius 1 is 0.647 bits per heavy atom. The Hall–Kier alpha value is -1.02. The van der Waals surface area contributed by atoms with Crippen LogP contribution in [0.3, 0.4) is 0 Å². The summed E-state index contributed by atoms with van der Waals surface area (Å²) in [6, 6.07) is -0.856. The molecule has 0 saturated heterocycles. The maximum Gasteiger partial charge on any atom is 0.472 e. The van der Waals surface area contributed by atoms with Crippen LogP contribution in [0.15, 0.2) is 24.3 Å². The molecule has 0 aromatic heterocycles. The minimum absolute atomic E-state index is 0.0578. The van der Waals surface area contributed by atoms with E-state index in [-0.39, 0.29) is 19.1 Å². The number of amides is 1. The molecule has 0 aliphatic rings. The summed E-state index contributed by atoms with van der Waals surface area (Å²) in [5, 5.41) is 13.7. The lowest BCUT2D eigenvalue weighted by molar-refractivity contribution is -0.870. The van der Waals surface area contributed by atoms with Crippen molar-refractivity contribution in [1.82, 2.24) is 5.32 Å². The molecule has 8 nitrogen and oxygen atoms in total. The minimum atomic E-state index is -4.33. The molecule has 3 N–H and O–H groups in total. The van der Waals surface area contributed by atoms with E-state index in [2.05, 4.69) is 31.3 Å². The molecule has 0 fully saturated rings. The van der Waals surface area contributed by atoms with E-state index < -0.39 is 20.0 Å². The number of rotatable bonds is 38. The van der Waals surface area contributed by atoms with Gasteiger partial charge < -0.3 is 19.8 Å². The monoisotopic (exact) mass is 744 g/mol. The van der Waals surface area contributed by atoms with E-state index in [1.807, 2.05) is 27.2 Å². The van der Waals surface area contributed by atoms with E-state index in [0.29, 0.717) is 17.4 Å². The Kier molecular flexibility index (Phi) is 34.0. The first kappa shape index (κ1) is 50.0. The second kappa shape index (κ2) is 34.7. The molecular weight excluding hydrogens is 659 g/mol. The number of unbranched alkanes of at least 4 members (excludes halogenated alkanes) is 23. The largest absolute Gasteiger partial charge is 0.472 e. The number of nitrogens with zero attached hydrogens (tertiary/aromatic N) is 1. The number of likely N-dealkylation sites (N-methyl/N-ethyl adjacent to an activating group) is 1. The van der Waals surface area contributed by atoms with Crippen LogP contribution in [0.1, 0.15) is 187 Å². The molecular formula is C42H84N2O6P+. The molecule has 51 heavy (non-hydrogen) atoms. The van der Waals surface area contributed by atoms with Crippen LogP contribution in [-0.2, 0) is 18.4 Å². The molecule has 302 valence electrons. The topological polar surface area (TPSA) is 105 Å². The number of allylic oxidation sites excluding steroid dienone is 3. The predicted molar refractivity (Wildman–Crippen MR) is 217 cm³/mol. The number of hydrogen-bond acceptors (Lipinski definition) is 5. The lowest BCUT2D eigenvalue weighted by atomic mass is 10.0. The normalized spacial score (nSPS) is 14.7. The summed E-state index contributed by atoms with van der Waals surface area (Å²) in [4.78, 5) is 23.0. The number of phosphoric ester groups is 1. The van der Waals surface area contributed by atoms with Crippen LogP contribution in [0.4, 0.5) is 0 Å². The van der Waals surface area contributed by atoms with Gasteiger partial charge in [0.2, 0.25) is 5.91 Å². The molecule has 0 radical (unpaired) electrons. The van der Waals surface area contributed by atoms with E-state index >= 15 is 0 Å². The van der Waals surface area contributed by atoms with Crippen molar-refractivity contribution in [2.24, 2.45) is 0 Å². The van der Waals surface area contributed by atoms with Crippen molar-refractivity contribution in [2.75, 3.05) is 40.9 Å². The van der Waals surface area contributed by atoms with Gasteiger partial charge in [-0.3, -0.25) is 13.8 Å². The van der Waals surface area contributed by atoms with Crippen LogP contribution < -0.4 is 5.32 Å². The van der Waals surface area contributed by atoms with E-state index in [1.165, 1.54) is 128 Å². The van der Waals surface area contributed by atoms with E-state index in [0.717, 1.165) is 38.5 Å². The Labute approximate surface area is 315 Å². The number of nitrogens with one attached hydrogen (secondary N) is 1. The summed E-state index contributed by atoms with van der Waals surface area (Å²) in [7, 11) is 1.56. The summed E-state index contributed by atoms with van der Waals surface area (Å²) in [6.07, 6.45) is 39.7. The molecule has 3 unspecified atom stereocenters. The fourth-order valence-corrected chi connectivity index (χ4v) is 6.73. The van der Waals surface area contributed by atoms with Crippen LogP contribution in [0.5, 0.6) is 0 Å². The van der Waals surface area contributed by atoms with Gasteiger partial charge in [0.25, 0.3) is 0 Å². The van der Waals surface area contributed by atoms with Gasteiger partial charge in [-0.2, -0.15) is 0 Å². The second-order valence-electron chi connectivity index (χ2n) is 15.7. The zero-order valence-corrected chi connectivity index (χ0v) is 35.0. The molecule has 0 aromatic carbocycles. The first-order valence-corrected chi connectivity index (χ1v) is 22.7. The summed E-state index contributed by atoms with van der Waals surface area (Å²) < 4.78 is 23.4. The molecule has 0 aliphatic heterocycles. The Balaban J connectivity index is 4.41. The molecule has 0 aliphatic carbocycles. The quantitative estimate of drug-likeness (QED) is 0.0252. The zero-order valence-electron chi connectivity index (χ0n) is 34.1. The fraction of sp³-hybridized carbons (Fsp3) is 0.881. The minimum Gasteiger partial charge on any atom is -0.387 e. The van der Waals surface area contributed by atoms with Gasteiger partial charge in [0.05, 0.1) is 39.9 Å². The van der Waals surface area contributed by atoms with Crippen LogP contribution in [0.25, 0.3) is 0 Å². The number of quaternary nitrogens is 1. The van der Waals surface area contributed by atoms with Crippen LogP contribution in [0, 0.1) is 0 Å². The summed E-state index contributed by atoms with van der Waals surface area (Å²) in [5.74, 6) is -0.191. The highest BCUT2D eigenvalue weighted by atomic mass is 31.2. The van der Waals surface area contributed by atoms with Crippen molar-refractivity contribution < 1.29 is 32.9 Å². The molecule has 9 heteroatoms. The molecule has 0 rings (SSSR count). The second-order valence-corrected chi connectivity index (χ2v) is 17.2. The van der Waals surface area contributed by atoms with Gasteiger partial charge in [-0.05, 0) is 32.1 Å². The third kappa shape index (κ3) is 37.1. The van der Waals surface area contributed by atoms with Crippen LogP contribution >= 0.6 is 7.82 Å². The lowest BCUT2D eigenvalue weighted by Gasteiger charge is -2.25. The van der Waals surface area contributed by atoms with Crippen molar-refractivity contribution in [3.8, 4) is 0 Å². The molecule has 0 bridgehead atoms. The molecule has 3 atom stereocenters. The van der Waals surface area contributed by atoms with Gasteiger partial charge in [-0.15, -0.1) is 0 Å². The van der Waals surface area contributed by atoms with Gasteiger partial charge >= 0.3 is 7.82 Å². The van der Waals surface area contributed by atoms with Gasteiger partial charge in [0.15, 0.2) is 0 Å². The van der Waals surface area contributed by atoms with Gasteiger partial charge in [-0.25, -0.2) is 4.57 Å². The summed E-state index contributed by atoms with van der Waals surface area (Å²) in [5.41, 5.74) is 0.